The van der Waals surface area contributed by atoms with Crippen LogP contribution in [0.1, 0.15) is 44.2 Å². The zero-order valence-electron chi connectivity index (χ0n) is 16.7. The summed E-state index contributed by atoms with van der Waals surface area (Å²) in [5, 5.41) is 6.71. The molecule has 1 aromatic carbocycles. The van der Waals surface area contributed by atoms with Gasteiger partial charge >= 0.3 is 0 Å². The summed E-state index contributed by atoms with van der Waals surface area (Å²) in [7, 11) is 1.80. The highest BCUT2D eigenvalue weighted by molar-refractivity contribution is 5.79. The van der Waals surface area contributed by atoms with E-state index in [9.17, 15) is 4.79 Å². The molecule has 5 nitrogen and oxygen atoms in total. The Labute approximate surface area is 162 Å². The fourth-order valence-electron chi connectivity index (χ4n) is 2.84. The molecular weight excluding hydrogens is 336 g/mol. The highest BCUT2D eigenvalue weighted by atomic mass is 16.1. The summed E-state index contributed by atoms with van der Waals surface area (Å²) >= 11 is 0. The van der Waals surface area contributed by atoms with E-state index in [2.05, 4.69) is 53.7 Å². The van der Waals surface area contributed by atoms with E-state index in [1.54, 1.807) is 23.7 Å². The number of pyridine rings is 1. The number of hydrogen-bond donors (Lipinski definition) is 2. The standard InChI is InChI=1S/C22H32N4O/c1-18(2)8-4-6-14-24-22(23-3)25-16-19-10-12-20(13-11-19)17-26-15-7-5-9-21(26)27/h5,7,9-13,15,18H,4,6,8,14,16-17H2,1-3H3,(H2,23,24,25). The molecule has 0 saturated carbocycles. The van der Waals surface area contributed by atoms with Gasteiger partial charge in [-0.2, -0.15) is 0 Å². The normalized spacial score (nSPS) is 11.6. The van der Waals surface area contributed by atoms with Crippen LogP contribution in [0.2, 0.25) is 0 Å². The second kappa shape index (κ2) is 11.2. The Kier molecular flexibility index (Phi) is 8.62. The molecule has 0 bridgehead atoms. The zero-order valence-corrected chi connectivity index (χ0v) is 16.7. The van der Waals surface area contributed by atoms with Crippen molar-refractivity contribution in [2.45, 2.75) is 46.2 Å². The van der Waals surface area contributed by atoms with Gasteiger partial charge in [0.15, 0.2) is 5.96 Å². The van der Waals surface area contributed by atoms with Gasteiger partial charge in [-0.3, -0.25) is 9.79 Å². The first kappa shape index (κ1) is 20.7. The highest BCUT2D eigenvalue weighted by Crippen LogP contribution is 2.06. The molecular formula is C22H32N4O. The largest absolute Gasteiger partial charge is 0.356 e. The van der Waals surface area contributed by atoms with Gasteiger partial charge in [-0.1, -0.05) is 57.0 Å². The lowest BCUT2D eigenvalue weighted by molar-refractivity contribution is 0.534. The lowest BCUT2D eigenvalue weighted by Gasteiger charge is -2.13. The minimum Gasteiger partial charge on any atom is -0.356 e. The van der Waals surface area contributed by atoms with Crippen LogP contribution in [-0.4, -0.2) is 24.1 Å². The van der Waals surface area contributed by atoms with E-state index in [0.29, 0.717) is 6.54 Å². The Morgan fingerprint density at radius 2 is 1.78 bits per heavy atom. The Balaban J connectivity index is 1.76. The van der Waals surface area contributed by atoms with Crippen molar-refractivity contribution in [3.8, 4) is 0 Å². The number of unbranched alkanes of at least 4 members (excludes halogenated alkanes) is 1. The Morgan fingerprint density at radius 1 is 1.04 bits per heavy atom. The molecule has 0 amide bonds. The predicted molar refractivity (Wildman–Crippen MR) is 113 cm³/mol. The van der Waals surface area contributed by atoms with Crippen molar-refractivity contribution in [1.29, 1.82) is 0 Å². The maximum absolute atomic E-state index is 11.8. The van der Waals surface area contributed by atoms with Gasteiger partial charge < -0.3 is 15.2 Å². The number of aromatic nitrogens is 1. The fourth-order valence-corrected chi connectivity index (χ4v) is 2.84. The van der Waals surface area contributed by atoms with Gasteiger partial charge in [-0.05, 0) is 29.5 Å². The molecule has 0 saturated heterocycles. The third-order valence-corrected chi connectivity index (χ3v) is 4.46. The van der Waals surface area contributed by atoms with Gasteiger partial charge in [0.2, 0.25) is 0 Å². The van der Waals surface area contributed by atoms with Crippen molar-refractivity contribution in [3.05, 3.63) is 70.1 Å². The van der Waals surface area contributed by atoms with Crippen LogP contribution in [-0.2, 0) is 13.1 Å². The number of aliphatic imine (C=N–C) groups is 1. The summed E-state index contributed by atoms with van der Waals surface area (Å²) < 4.78 is 1.71. The molecule has 0 aliphatic rings. The Morgan fingerprint density at radius 3 is 2.44 bits per heavy atom. The van der Waals surface area contributed by atoms with Gasteiger partial charge in [0, 0.05) is 32.4 Å². The molecule has 1 aromatic heterocycles. The monoisotopic (exact) mass is 368 g/mol. The van der Waals surface area contributed by atoms with Gasteiger partial charge in [0.25, 0.3) is 5.56 Å². The van der Waals surface area contributed by atoms with E-state index in [4.69, 9.17) is 0 Å². The molecule has 146 valence electrons. The minimum absolute atomic E-state index is 0.0199. The van der Waals surface area contributed by atoms with E-state index < -0.39 is 0 Å². The smallest absolute Gasteiger partial charge is 0.250 e. The van der Waals surface area contributed by atoms with Crippen LogP contribution in [0.5, 0.6) is 0 Å². The Bertz CT molecular complexity index is 762. The molecule has 2 N–H and O–H groups in total. The SMILES string of the molecule is CN=C(NCCCCC(C)C)NCc1ccc(Cn2ccccc2=O)cc1. The first-order chi connectivity index (χ1) is 13.1. The molecule has 2 rings (SSSR count). The van der Waals surface area contributed by atoms with E-state index in [0.717, 1.165) is 37.0 Å². The van der Waals surface area contributed by atoms with Crippen LogP contribution in [0.3, 0.4) is 0 Å². The van der Waals surface area contributed by atoms with Crippen molar-refractivity contribution in [2.75, 3.05) is 13.6 Å². The molecule has 5 heteroatoms. The third-order valence-electron chi connectivity index (χ3n) is 4.46. The molecule has 0 aliphatic heterocycles. The number of nitrogens with one attached hydrogen (secondary N) is 2. The predicted octanol–water partition coefficient (Wildman–Crippen LogP) is 3.39. The molecule has 0 fully saturated rings. The molecule has 1 heterocycles. The second-order valence-corrected chi connectivity index (χ2v) is 7.23. The average Bonchev–Trinajstić information content (AvgIpc) is 2.66. The number of rotatable bonds is 9. The first-order valence-electron chi connectivity index (χ1n) is 9.76. The number of nitrogens with zero attached hydrogens (tertiary/aromatic N) is 2. The quantitative estimate of drug-likeness (QED) is 0.405. The summed E-state index contributed by atoms with van der Waals surface area (Å²) in [6, 6.07) is 13.5. The average molecular weight is 369 g/mol. The van der Waals surface area contributed by atoms with E-state index in [1.165, 1.54) is 18.4 Å². The summed E-state index contributed by atoms with van der Waals surface area (Å²) in [4.78, 5) is 16.1. The van der Waals surface area contributed by atoms with Crippen LogP contribution in [0.4, 0.5) is 0 Å². The summed E-state index contributed by atoms with van der Waals surface area (Å²) in [6.45, 7) is 6.77. The van der Waals surface area contributed by atoms with Gasteiger partial charge in [-0.15, -0.1) is 0 Å². The van der Waals surface area contributed by atoms with Crippen molar-refractivity contribution < 1.29 is 0 Å². The number of hydrogen-bond acceptors (Lipinski definition) is 2. The topological polar surface area (TPSA) is 58.4 Å². The Hall–Kier alpha value is -2.56. The van der Waals surface area contributed by atoms with Crippen LogP contribution in [0, 0.1) is 5.92 Å². The van der Waals surface area contributed by atoms with Crippen molar-refractivity contribution in [3.63, 3.8) is 0 Å². The zero-order chi connectivity index (χ0) is 19.5. The summed E-state index contributed by atoms with van der Waals surface area (Å²) in [6.07, 6.45) is 5.49. The van der Waals surface area contributed by atoms with Crippen molar-refractivity contribution in [2.24, 2.45) is 10.9 Å². The minimum atomic E-state index is 0.0199. The van der Waals surface area contributed by atoms with Gasteiger partial charge in [-0.25, -0.2) is 0 Å². The molecule has 0 unspecified atom stereocenters. The summed E-state index contributed by atoms with van der Waals surface area (Å²) in [5.74, 6) is 1.60. The van der Waals surface area contributed by atoms with Gasteiger partial charge in [0.1, 0.15) is 0 Å². The lowest BCUT2D eigenvalue weighted by Crippen LogP contribution is -2.37. The lowest BCUT2D eigenvalue weighted by atomic mass is 10.1. The van der Waals surface area contributed by atoms with Crippen LogP contribution < -0.4 is 16.2 Å². The van der Waals surface area contributed by atoms with Crippen molar-refractivity contribution in [1.82, 2.24) is 15.2 Å². The van der Waals surface area contributed by atoms with E-state index in [-0.39, 0.29) is 5.56 Å². The van der Waals surface area contributed by atoms with E-state index >= 15 is 0 Å². The maximum atomic E-state index is 11.8. The van der Waals surface area contributed by atoms with Crippen LogP contribution >= 0.6 is 0 Å². The van der Waals surface area contributed by atoms with Crippen LogP contribution in [0.15, 0.2) is 58.4 Å². The molecule has 0 radical (unpaired) electrons. The van der Waals surface area contributed by atoms with Gasteiger partial charge in [0.05, 0.1) is 6.54 Å². The first-order valence-corrected chi connectivity index (χ1v) is 9.76. The van der Waals surface area contributed by atoms with E-state index in [1.807, 2.05) is 12.3 Å². The third kappa shape index (κ3) is 7.69. The molecule has 27 heavy (non-hydrogen) atoms. The maximum Gasteiger partial charge on any atom is 0.250 e. The molecule has 0 spiro atoms. The number of guanidine groups is 1. The number of benzene rings is 1. The summed E-state index contributed by atoms with van der Waals surface area (Å²) in [5.41, 5.74) is 2.31. The molecule has 0 aliphatic carbocycles. The highest BCUT2D eigenvalue weighted by Gasteiger charge is 2.01. The molecule has 0 atom stereocenters. The fraction of sp³-hybridized carbons (Fsp3) is 0.455. The van der Waals surface area contributed by atoms with Crippen LogP contribution in [0.25, 0.3) is 0 Å². The second-order valence-electron chi connectivity index (χ2n) is 7.23. The molecule has 2 aromatic rings. The van der Waals surface area contributed by atoms with Crippen molar-refractivity contribution >= 4 is 5.96 Å².